The lowest BCUT2D eigenvalue weighted by atomic mass is 10.0. The van der Waals surface area contributed by atoms with E-state index in [4.69, 9.17) is 10.5 Å². The van der Waals surface area contributed by atoms with Crippen LogP contribution in [0.1, 0.15) is 26.7 Å². The monoisotopic (exact) mass is 200 g/mol. The molecule has 0 bridgehead atoms. The van der Waals surface area contributed by atoms with Gasteiger partial charge in [-0.2, -0.15) is 0 Å². The molecule has 1 rings (SSSR count). The first-order valence-corrected chi connectivity index (χ1v) is 5.64. The minimum Gasteiger partial charge on any atom is -0.380 e. The summed E-state index contributed by atoms with van der Waals surface area (Å²) in [5, 5.41) is 0. The summed E-state index contributed by atoms with van der Waals surface area (Å²) in [7, 11) is 1.80. The second kappa shape index (κ2) is 5.69. The van der Waals surface area contributed by atoms with Gasteiger partial charge in [0.05, 0.1) is 6.10 Å². The van der Waals surface area contributed by atoms with Crippen molar-refractivity contribution >= 4 is 0 Å². The van der Waals surface area contributed by atoms with E-state index in [0.29, 0.717) is 12.1 Å². The molecule has 3 heteroatoms. The Bertz CT molecular complexity index is 161. The number of nitrogens with zero attached hydrogens (tertiary/aromatic N) is 1. The van der Waals surface area contributed by atoms with Crippen LogP contribution in [0, 0.1) is 5.92 Å². The molecule has 0 saturated carbocycles. The van der Waals surface area contributed by atoms with Crippen LogP contribution < -0.4 is 5.73 Å². The Balaban J connectivity index is 2.38. The third-order valence-corrected chi connectivity index (χ3v) is 3.04. The van der Waals surface area contributed by atoms with Gasteiger partial charge in [-0.15, -0.1) is 0 Å². The molecule has 0 radical (unpaired) electrons. The molecule has 0 amide bonds. The number of hydrogen-bond donors (Lipinski definition) is 1. The van der Waals surface area contributed by atoms with E-state index in [1.807, 2.05) is 0 Å². The zero-order valence-electron chi connectivity index (χ0n) is 9.70. The van der Waals surface area contributed by atoms with Crippen molar-refractivity contribution in [2.24, 2.45) is 11.7 Å². The highest BCUT2D eigenvalue weighted by molar-refractivity contribution is 4.82. The summed E-state index contributed by atoms with van der Waals surface area (Å²) in [4.78, 5) is 2.48. The van der Waals surface area contributed by atoms with Gasteiger partial charge < -0.3 is 10.5 Å². The fourth-order valence-corrected chi connectivity index (χ4v) is 2.22. The summed E-state index contributed by atoms with van der Waals surface area (Å²) in [5.41, 5.74) is 5.81. The van der Waals surface area contributed by atoms with Gasteiger partial charge in [0.15, 0.2) is 0 Å². The van der Waals surface area contributed by atoms with Gasteiger partial charge in [-0.05, 0) is 18.8 Å². The maximum Gasteiger partial charge on any atom is 0.0710 e. The minimum absolute atomic E-state index is 0.427. The zero-order valence-corrected chi connectivity index (χ0v) is 9.70. The summed E-state index contributed by atoms with van der Waals surface area (Å²) >= 11 is 0. The Morgan fingerprint density at radius 1 is 1.50 bits per heavy atom. The van der Waals surface area contributed by atoms with Gasteiger partial charge in [-0.25, -0.2) is 0 Å². The van der Waals surface area contributed by atoms with Gasteiger partial charge in [-0.3, -0.25) is 4.90 Å². The second-order valence-corrected chi connectivity index (χ2v) is 4.66. The van der Waals surface area contributed by atoms with Crippen LogP contribution >= 0.6 is 0 Å². The molecule has 1 fully saturated rings. The van der Waals surface area contributed by atoms with E-state index in [1.54, 1.807) is 7.11 Å². The van der Waals surface area contributed by atoms with E-state index < -0.39 is 0 Å². The first kappa shape index (κ1) is 12.0. The minimum atomic E-state index is 0.427. The van der Waals surface area contributed by atoms with Crippen LogP contribution in [0.25, 0.3) is 0 Å². The molecule has 1 saturated heterocycles. The Kier molecular flexibility index (Phi) is 4.85. The van der Waals surface area contributed by atoms with Crippen LogP contribution in [-0.4, -0.2) is 43.8 Å². The van der Waals surface area contributed by atoms with Crippen LogP contribution in [-0.2, 0) is 4.74 Å². The predicted octanol–water partition coefficient (Wildman–Crippen LogP) is 1.08. The summed E-state index contributed by atoms with van der Waals surface area (Å²) in [6.45, 7) is 7.49. The molecule has 0 aromatic carbocycles. The molecule has 0 aromatic rings. The smallest absolute Gasteiger partial charge is 0.0710 e. The molecule has 2 unspecified atom stereocenters. The van der Waals surface area contributed by atoms with Crippen molar-refractivity contribution in [1.82, 2.24) is 4.90 Å². The lowest BCUT2D eigenvalue weighted by molar-refractivity contribution is 0.0989. The number of ether oxygens (including phenoxy) is 1. The Morgan fingerprint density at radius 2 is 2.21 bits per heavy atom. The van der Waals surface area contributed by atoms with E-state index in [1.165, 1.54) is 6.42 Å². The van der Waals surface area contributed by atoms with Crippen LogP contribution in [0.4, 0.5) is 0 Å². The largest absolute Gasteiger partial charge is 0.380 e. The average molecular weight is 200 g/mol. The highest BCUT2D eigenvalue weighted by Crippen LogP contribution is 2.18. The Labute approximate surface area is 87.6 Å². The second-order valence-electron chi connectivity index (χ2n) is 4.66. The molecular formula is C11H24N2O. The highest BCUT2D eigenvalue weighted by atomic mass is 16.5. The first-order chi connectivity index (χ1) is 6.67. The average Bonchev–Trinajstić information content (AvgIpc) is 2.62. The number of rotatable bonds is 5. The van der Waals surface area contributed by atoms with Crippen molar-refractivity contribution in [2.75, 3.05) is 26.7 Å². The highest BCUT2D eigenvalue weighted by Gasteiger charge is 2.27. The van der Waals surface area contributed by atoms with Crippen LogP contribution in [0.15, 0.2) is 0 Å². The molecule has 0 aliphatic carbocycles. The third kappa shape index (κ3) is 3.23. The van der Waals surface area contributed by atoms with Crippen LogP contribution in [0.3, 0.4) is 0 Å². The molecule has 2 N–H and O–H groups in total. The maximum atomic E-state index is 5.81. The summed E-state index contributed by atoms with van der Waals surface area (Å²) < 4.78 is 5.36. The van der Waals surface area contributed by atoms with E-state index in [2.05, 4.69) is 18.7 Å². The van der Waals surface area contributed by atoms with Crippen molar-refractivity contribution < 1.29 is 4.74 Å². The van der Waals surface area contributed by atoms with E-state index in [9.17, 15) is 0 Å². The zero-order chi connectivity index (χ0) is 10.6. The van der Waals surface area contributed by atoms with Gasteiger partial charge in [0.1, 0.15) is 0 Å². The van der Waals surface area contributed by atoms with Gasteiger partial charge in [0.2, 0.25) is 0 Å². The summed E-state index contributed by atoms with van der Waals surface area (Å²) in [5.74, 6) is 0.727. The quantitative estimate of drug-likeness (QED) is 0.722. The van der Waals surface area contributed by atoms with Crippen molar-refractivity contribution in [3.8, 4) is 0 Å². The molecule has 0 spiro atoms. The fourth-order valence-electron chi connectivity index (χ4n) is 2.22. The fraction of sp³-hybridized carbons (Fsp3) is 1.00. The number of hydrogen-bond acceptors (Lipinski definition) is 3. The van der Waals surface area contributed by atoms with Crippen molar-refractivity contribution in [1.29, 1.82) is 0 Å². The van der Waals surface area contributed by atoms with E-state index in [0.717, 1.165) is 32.0 Å². The molecule has 14 heavy (non-hydrogen) atoms. The molecule has 1 aliphatic heterocycles. The van der Waals surface area contributed by atoms with Crippen LogP contribution in [0.2, 0.25) is 0 Å². The first-order valence-electron chi connectivity index (χ1n) is 5.64. The molecule has 1 aliphatic rings. The Hall–Kier alpha value is -0.120. The van der Waals surface area contributed by atoms with Gasteiger partial charge in [0, 0.05) is 32.8 Å². The van der Waals surface area contributed by atoms with Gasteiger partial charge >= 0.3 is 0 Å². The molecular weight excluding hydrogens is 176 g/mol. The molecule has 2 atom stereocenters. The summed E-state index contributed by atoms with van der Waals surface area (Å²) in [6, 6.07) is 0.551. The maximum absolute atomic E-state index is 5.81. The third-order valence-electron chi connectivity index (χ3n) is 3.04. The predicted molar refractivity (Wildman–Crippen MR) is 59.3 cm³/mol. The lowest BCUT2D eigenvalue weighted by Crippen LogP contribution is -2.40. The van der Waals surface area contributed by atoms with Gasteiger partial charge in [0.25, 0.3) is 0 Å². The van der Waals surface area contributed by atoms with Crippen molar-refractivity contribution in [3.63, 3.8) is 0 Å². The van der Waals surface area contributed by atoms with Crippen molar-refractivity contribution in [2.45, 2.75) is 38.8 Å². The standard InChI is InChI=1S/C11H24N2O/c1-9(2)6-10(7-12)13-5-4-11(8-13)14-3/h9-11H,4-8,12H2,1-3H3. The molecule has 3 nitrogen and oxygen atoms in total. The van der Waals surface area contributed by atoms with E-state index in [-0.39, 0.29) is 0 Å². The number of likely N-dealkylation sites (tertiary alicyclic amines) is 1. The number of nitrogens with two attached hydrogens (primary N) is 1. The Morgan fingerprint density at radius 3 is 2.64 bits per heavy atom. The molecule has 84 valence electrons. The normalized spacial score (nSPS) is 25.9. The molecule has 1 heterocycles. The topological polar surface area (TPSA) is 38.5 Å². The van der Waals surface area contributed by atoms with Gasteiger partial charge in [-0.1, -0.05) is 13.8 Å². The summed E-state index contributed by atoms with van der Waals surface area (Å²) in [6.07, 6.45) is 2.79. The lowest BCUT2D eigenvalue weighted by Gasteiger charge is -2.27. The van der Waals surface area contributed by atoms with Crippen LogP contribution in [0.5, 0.6) is 0 Å². The van der Waals surface area contributed by atoms with Crippen molar-refractivity contribution in [3.05, 3.63) is 0 Å². The molecule has 0 aromatic heterocycles. The van der Waals surface area contributed by atoms with E-state index >= 15 is 0 Å². The number of methoxy groups -OCH3 is 1. The SMILES string of the molecule is COC1CCN(C(CN)CC(C)C)C1.